The first-order chi connectivity index (χ1) is 11.5. The van der Waals surface area contributed by atoms with Gasteiger partial charge < -0.3 is 35.0 Å². The number of carbonyl (C=O) groups is 1. The average Bonchev–Trinajstić information content (AvgIpc) is 2.81. The molecule has 8 nitrogen and oxygen atoms in total. The molecule has 0 aromatic rings. The highest BCUT2D eigenvalue weighted by molar-refractivity contribution is 15.0. The Hall–Kier alpha value is 0.690. The molecule has 1 unspecified atom stereocenters. The SMILES string of the molecule is CC[C@H]1OC(=O)C(C)(C)[C@@H]1C.II.OCC1(O)OC[C@@H](O)[C@@H](O)[C@@H]1O. The van der Waals surface area contributed by atoms with Crippen molar-refractivity contribution in [3.8, 4) is 0 Å². The smallest absolute Gasteiger partial charge is 0.312 e. The third kappa shape index (κ3) is 6.09. The molecule has 2 rings (SSSR count). The van der Waals surface area contributed by atoms with Crippen LogP contribution in [0.15, 0.2) is 0 Å². The molecule has 2 saturated heterocycles. The summed E-state index contributed by atoms with van der Waals surface area (Å²) in [4.78, 5) is 11.3. The van der Waals surface area contributed by atoms with Crippen molar-refractivity contribution in [1.29, 1.82) is 0 Å². The Labute approximate surface area is 171 Å². The highest BCUT2D eigenvalue weighted by Gasteiger charge is 2.48. The Balaban J connectivity index is 0.000000421. The highest BCUT2D eigenvalue weighted by atomic mass is 128. The van der Waals surface area contributed by atoms with E-state index in [0.717, 1.165) is 6.42 Å². The summed E-state index contributed by atoms with van der Waals surface area (Å²) in [6, 6.07) is 0. The number of esters is 1. The molecule has 0 bridgehead atoms. The summed E-state index contributed by atoms with van der Waals surface area (Å²) in [6.45, 7) is 6.88. The molecule has 0 saturated carbocycles. The number of ether oxygens (including phenoxy) is 2. The number of cyclic esters (lactones) is 1. The summed E-state index contributed by atoms with van der Waals surface area (Å²) in [5, 5.41) is 45.0. The predicted octanol–water partition coefficient (Wildman–Crippen LogP) is 0.536. The van der Waals surface area contributed by atoms with Crippen LogP contribution in [0.1, 0.15) is 34.1 Å². The Kier molecular flexibility index (Phi) is 11.2. The van der Waals surface area contributed by atoms with Crippen molar-refractivity contribution in [2.75, 3.05) is 13.2 Å². The summed E-state index contributed by atoms with van der Waals surface area (Å²) in [6.07, 6.45) is -3.39. The topological polar surface area (TPSA) is 137 Å². The Morgan fingerprint density at radius 3 is 2.08 bits per heavy atom. The largest absolute Gasteiger partial charge is 0.462 e. The van der Waals surface area contributed by atoms with Crippen LogP contribution in [0, 0.1) is 11.3 Å². The fourth-order valence-electron chi connectivity index (χ4n) is 2.51. The molecule has 2 aliphatic heterocycles. The van der Waals surface area contributed by atoms with E-state index >= 15 is 0 Å². The van der Waals surface area contributed by atoms with Gasteiger partial charge >= 0.3 is 5.97 Å². The van der Waals surface area contributed by atoms with Gasteiger partial charge in [-0.05, 0) is 20.3 Å². The lowest BCUT2D eigenvalue weighted by atomic mass is 9.79. The van der Waals surface area contributed by atoms with E-state index in [1.54, 1.807) is 0 Å². The molecule has 5 N–H and O–H groups in total. The number of carbonyl (C=O) groups excluding carboxylic acids is 1. The molecule has 2 heterocycles. The van der Waals surface area contributed by atoms with Gasteiger partial charge in [-0.1, -0.05) is 13.8 Å². The second-order valence-electron chi connectivity index (χ2n) is 6.68. The summed E-state index contributed by atoms with van der Waals surface area (Å²) in [5.74, 6) is -1.87. The lowest BCUT2D eigenvalue weighted by Gasteiger charge is -2.40. The summed E-state index contributed by atoms with van der Waals surface area (Å²) < 4.78 is 9.75. The van der Waals surface area contributed by atoms with Gasteiger partial charge in [-0.3, -0.25) is 4.79 Å². The lowest BCUT2D eigenvalue weighted by Crippen LogP contribution is -2.62. The number of hydrogen-bond donors (Lipinski definition) is 5. The predicted molar refractivity (Wildman–Crippen MR) is 107 cm³/mol. The van der Waals surface area contributed by atoms with E-state index < -0.39 is 30.7 Å². The van der Waals surface area contributed by atoms with E-state index in [-0.39, 0.29) is 24.1 Å². The monoisotopic (exact) mass is 590 g/mol. The molecule has 6 atom stereocenters. The zero-order valence-corrected chi connectivity index (χ0v) is 19.0. The molecule has 10 heteroatoms. The first-order valence-electron chi connectivity index (χ1n) is 7.88. The molecular formula is C15H28I2O8. The molecule has 0 aromatic carbocycles. The van der Waals surface area contributed by atoms with E-state index in [1.165, 1.54) is 0 Å². The molecule has 0 spiro atoms. The van der Waals surface area contributed by atoms with Gasteiger partial charge in [-0.25, -0.2) is 0 Å². The fourth-order valence-corrected chi connectivity index (χ4v) is 2.51. The third-order valence-electron chi connectivity index (χ3n) is 4.79. The lowest BCUT2D eigenvalue weighted by molar-refractivity contribution is -0.331. The minimum atomic E-state index is -2.17. The van der Waals surface area contributed by atoms with Gasteiger partial charge in [0, 0.05) is 43.1 Å². The summed E-state index contributed by atoms with van der Waals surface area (Å²) >= 11 is 4.24. The van der Waals surface area contributed by atoms with Crippen LogP contribution in [-0.4, -0.2) is 74.9 Å². The Morgan fingerprint density at radius 2 is 1.76 bits per heavy atom. The number of hydrogen-bond acceptors (Lipinski definition) is 8. The fraction of sp³-hybridized carbons (Fsp3) is 0.933. The first kappa shape index (κ1) is 25.7. The second kappa shape index (κ2) is 10.9. The van der Waals surface area contributed by atoms with Crippen LogP contribution in [0.25, 0.3) is 0 Å². The van der Waals surface area contributed by atoms with Gasteiger partial charge in [0.25, 0.3) is 0 Å². The van der Waals surface area contributed by atoms with Crippen molar-refractivity contribution in [3.05, 3.63) is 0 Å². The van der Waals surface area contributed by atoms with Crippen molar-refractivity contribution in [3.63, 3.8) is 0 Å². The van der Waals surface area contributed by atoms with E-state index in [0.29, 0.717) is 5.92 Å². The average molecular weight is 590 g/mol. The molecular weight excluding hydrogens is 562 g/mol. The van der Waals surface area contributed by atoms with Crippen LogP contribution < -0.4 is 0 Å². The first-order valence-corrected chi connectivity index (χ1v) is 14.2. The summed E-state index contributed by atoms with van der Waals surface area (Å²) in [5.41, 5.74) is -0.277. The normalized spacial score (nSPS) is 39.5. The highest BCUT2D eigenvalue weighted by Crippen LogP contribution is 2.39. The van der Waals surface area contributed by atoms with Crippen LogP contribution in [0.3, 0.4) is 0 Å². The van der Waals surface area contributed by atoms with Gasteiger partial charge in [-0.2, -0.15) is 0 Å². The third-order valence-corrected chi connectivity index (χ3v) is 4.79. The Bertz CT molecular complexity index is 422. The van der Waals surface area contributed by atoms with Crippen LogP contribution >= 0.6 is 37.2 Å². The van der Waals surface area contributed by atoms with E-state index in [4.69, 9.17) is 25.2 Å². The Morgan fingerprint density at radius 1 is 1.24 bits per heavy atom. The molecule has 150 valence electrons. The van der Waals surface area contributed by atoms with Gasteiger partial charge in [0.1, 0.15) is 24.4 Å². The minimum absolute atomic E-state index is 0.0446. The van der Waals surface area contributed by atoms with Crippen LogP contribution in [-0.2, 0) is 14.3 Å². The zero-order valence-electron chi connectivity index (χ0n) is 14.7. The van der Waals surface area contributed by atoms with Gasteiger partial charge in [0.2, 0.25) is 5.79 Å². The van der Waals surface area contributed by atoms with Crippen molar-refractivity contribution < 1.29 is 39.8 Å². The molecule has 2 aliphatic rings. The maximum atomic E-state index is 11.3. The van der Waals surface area contributed by atoms with Gasteiger partial charge in [0.05, 0.1) is 18.6 Å². The van der Waals surface area contributed by atoms with Gasteiger partial charge in [-0.15, -0.1) is 0 Å². The molecule has 0 aliphatic carbocycles. The molecule has 0 amide bonds. The second-order valence-corrected chi connectivity index (χ2v) is 6.68. The molecule has 2 fully saturated rings. The van der Waals surface area contributed by atoms with E-state index in [1.807, 2.05) is 13.8 Å². The number of rotatable bonds is 2. The number of halogens is 2. The molecule has 25 heavy (non-hydrogen) atoms. The van der Waals surface area contributed by atoms with E-state index in [2.05, 4.69) is 55.8 Å². The summed E-state index contributed by atoms with van der Waals surface area (Å²) in [7, 11) is 0. The maximum Gasteiger partial charge on any atom is 0.312 e. The van der Waals surface area contributed by atoms with Crippen LogP contribution in [0.4, 0.5) is 0 Å². The van der Waals surface area contributed by atoms with Crippen LogP contribution in [0.2, 0.25) is 0 Å². The van der Waals surface area contributed by atoms with Crippen molar-refractivity contribution in [2.45, 2.75) is 64.3 Å². The van der Waals surface area contributed by atoms with Crippen LogP contribution in [0.5, 0.6) is 0 Å². The quantitative estimate of drug-likeness (QED) is 0.233. The van der Waals surface area contributed by atoms with Crippen molar-refractivity contribution in [1.82, 2.24) is 0 Å². The standard InChI is InChI=1S/C9H16O2.C6H12O6.I2/c1-5-7-6(2)9(3,4)8(10)11-7;7-2-6(11)5(10)4(9)3(8)1-12-6;1-2/h6-7H,5H2,1-4H3;3-5,7-11H,1-2H2;/t6-,7-;3-,4-,5+,6?;/m11./s1. The molecule has 0 aromatic heterocycles. The maximum absolute atomic E-state index is 11.3. The minimum Gasteiger partial charge on any atom is -0.462 e. The zero-order chi connectivity index (χ0) is 20.0. The number of aliphatic hydroxyl groups is 5. The molecule has 0 radical (unpaired) electrons. The van der Waals surface area contributed by atoms with Gasteiger partial charge in [0.15, 0.2) is 0 Å². The number of aliphatic hydroxyl groups excluding tert-OH is 4. The van der Waals surface area contributed by atoms with E-state index in [9.17, 15) is 9.90 Å². The van der Waals surface area contributed by atoms with Crippen molar-refractivity contribution >= 4 is 43.2 Å². The van der Waals surface area contributed by atoms with Crippen molar-refractivity contribution in [2.24, 2.45) is 11.3 Å².